The molecule has 126 valence electrons. The van der Waals surface area contributed by atoms with E-state index in [1.165, 1.54) is 17.0 Å². The van der Waals surface area contributed by atoms with Crippen LogP contribution in [0, 0.1) is 11.7 Å². The molecule has 2 rings (SSSR count). The molecule has 0 aliphatic carbocycles. The lowest BCUT2D eigenvalue weighted by molar-refractivity contribution is -0.126. The molecule has 1 heterocycles. The molecule has 23 heavy (non-hydrogen) atoms. The number of nitrogens with one attached hydrogen (secondary N) is 1. The Morgan fingerprint density at radius 2 is 2.30 bits per heavy atom. The first-order valence-corrected chi connectivity index (χ1v) is 7.96. The van der Waals surface area contributed by atoms with Crippen LogP contribution in [0.4, 0.5) is 10.1 Å². The highest BCUT2D eigenvalue weighted by Crippen LogP contribution is 2.28. The summed E-state index contributed by atoms with van der Waals surface area (Å²) in [6, 6.07) is 4.09. The van der Waals surface area contributed by atoms with Crippen molar-refractivity contribution in [1.29, 1.82) is 0 Å². The van der Waals surface area contributed by atoms with E-state index >= 15 is 0 Å². The number of rotatable bonds is 6. The Labute approximate surface area is 139 Å². The minimum Gasteiger partial charge on any atom is -0.396 e. The van der Waals surface area contributed by atoms with Crippen molar-refractivity contribution in [1.82, 2.24) is 5.32 Å². The lowest BCUT2D eigenvalue weighted by Gasteiger charge is -2.18. The molecule has 1 saturated heterocycles. The van der Waals surface area contributed by atoms with Gasteiger partial charge in [-0.1, -0.05) is 11.6 Å². The average Bonchev–Trinajstić information content (AvgIpc) is 2.90. The van der Waals surface area contributed by atoms with Gasteiger partial charge in [0, 0.05) is 31.3 Å². The third-order valence-electron chi connectivity index (χ3n) is 3.89. The number of amides is 2. The predicted molar refractivity (Wildman–Crippen MR) is 85.8 cm³/mol. The summed E-state index contributed by atoms with van der Waals surface area (Å²) in [5.41, 5.74) is 0.403. The van der Waals surface area contributed by atoms with Crippen LogP contribution < -0.4 is 10.2 Å². The van der Waals surface area contributed by atoms with Crippen molar-refractivity contribution in [2.24, 2.45) is 5.92 Å². The quantitative estimate of drug-likeness (QED) is 0.832. The molecule has 7 heteroatoms. The van der Waals surface area contributed by atoms with Gasteiger partial charge in [0.2, 0.25) is 11.8 Å². The van der Waals surface area contributed by atoms with Gasteiger partial charge in [-0.2, -0.15) is 0 Å². The number of nitrogens with zero attached hydrogens (tertiary/aromatic N) is 1. The number of benzene rings is 1. The van der Waals surface area contributed by atoms with Gasteiger partial charge in [0.15, 0.2) is 0 Å². The van der Waals surface area contributed by atoms with E-state index < -0.39 is 11.7 Å². The summed E-state index contributed by atoms with van der Waals surface area (Å²) in [4.78, 5) is 25.7. The van der Waals surface area contributed by atoms with Crippen molar-refractivity contribution in [2.45, 2.75) is 32.2 Å². The molecule has 1 aliphatic heterocycles. The van der Waals surface area contributed by atoms with Crippen LogP contribution in [0.5, 0.6) is 0 Å². The van der Waals surface area contributed by atoms with Crippen molar-refractivity contribution in [3.8, 4) is 0 Å². The summed E-state index contributed by atoms with van der Waals surface area (Å²) in [5.74, 6) is -1.46. The second-order valence-electron chi connectivity index (χ2n) is 5.78. The number of hydrogen-bond donors (Lipinski definition) is 2. The van der Waals surface area contributed by atoms with E-state index in [-0.39, 0.29) is 42.5 Å². The van der Waals surface area contributed by atoms with E-state index in [0.717, 1.165) is 0 Å². The van der Waals surface area contributed by atoms with Crippen molar-refractivity contribution < 1.29 is 19.1 Å². The van der Waals surface area contributed by atoms with Gasteiger partial charge < -0.3 is 15.3 Å². The molecule has 0 bridgehead atoms. The first kappa shape index (κ1) is 17.7. The standard InChI is InChI=1S/C16H20ClFN2O3/c1-10(3-2-6-21)19-16(23)11-7-15(22)20(9-11)12-4-5-13(17)14(18)8-12/h4-5,8,10-11,21H,2-3,6-7,9H2,1H3,(H,19,23)/t10-,11-/m0/s1. The molecule has 0 unspecified atom stereocenters. The van der Waals surface area contributed by atoms with E-state index in [0.29, 0.717) is 18.5 Å². The lowest BCUT2D eigenvalue weighted by atomic mass is 10.1. The first-order chi connectivity index (χ1) is 10.9. The zero-order valence-electron chi connectivity index (χ0n) is 12.9. The molecule has 0 spiro atoms. The number of aliphatic hydroxyl groups excluding tert-OH is 1. The van der Waals surface area contributed by atoms with E-state index in [4.69, 9.17) is 16.7 Å². The van der Waals surface area contributed by atoms with Gasteiger partial charge in [-0.15, -0.1) is 0 Å². The summed E-state index contributed by atoms with van der Waals surface area (Å²) in [6.07, 6.45) is 1.39. The second-order valence-corrected chi connectivity index (χ2v) is 6.19. The van der Waals surface area contributed by atoms with Crippen LogP contribution in [0.15, 0.2) is 18.2 Å². The smallest absolute Gasteiger partial charge is 0.227 e. The predicted octanol–water partition coefficient (Wildman–Crippen LogP) is 2.11. The van der Waals surface area contributed by atoms with E-state index in [2.05, 4.69) is 5.32 Å². The van der Waals surface area contributed by atoms with Gasteiger partial charge in [-0.25, -0.2) is 4.39 Å². The first-order valence-electron chi connectivity index (χ1n) is 7.59. The maximum absolute atomic E-state index is 13.5. The SMILES string of the molecule is C[C@@H](CCCO)NC(=O)[C@H]1CC(=O)N(c2ccc(Cl)c(F)c2)C1. The van der Waals surface area contributed by atoms with Crippen molar-refractivity contribution >= 4 is 29.1 Å². The molecular weight excluding hydrogens is 323 g/mol. The maximum atomic E-state index is 13.5. The monoisotopic (exact) mass is 342 g/mol. The molecule has 0 aromatic heterocycles. The fourth-order valence-electron chi connectivity index (χ4n) is 2.62. The minimum atomic E-state index is -0.595. The van der Waals surface area contributed by atoms with Gasteiger partial charge >= 0.3 is 0 Å². The molecule has 2 N–H and O–H groups in total. The molecule has 5 nitrogen and oxygen atoms in total. The number of carbonyl (C=O) groups excluding carboxylic acids is 2. The summed E-state index contributed by atoms with van der Waals surface area (Å²) in [6.45, 7) is 2.16. The van der Waals surface area contributed by atoms with Crippen molar-refractivity contribution in [2.75, 3.05) is 18.1 Å². The zero-order valence-corrected chi connectivity index (χ0v) is 13.6. The largest absolute Gasteiger partial charge is 0.396 e. The third kappa shape index (κ3) is 4.42. The summed E-state index contributed by atoms with van der Waals surface area (Å²) in [5, 5.41) is 11.6. The van der Waals surface area contributed by atoms with Crippen molar-refractivity contribution in [3.63, 3.8) is 0 Å². The van der Waals surface area contributed by atoms with E-state index in [9.17, 15) is 14.0 Å². The van der Waals surface area contributed by atoms with Crippen LogP contribution >= 0.6 is 11.6 Å². The summed E-state index contributed by atoms with van der Waals surface area (Å²) >= 11 is 5.64. The van der Waals surface area contributed by atoms with Crippen LogP contribution in [0.3, 0.4) is 0 Å². The van der Waals surface area contributed by atoms with Gasteiger partial charge in [0.1, 0.15) is 5.82 Å². The van der Waals surface area contributed by atoms with Gasteiger partial charge in [0.25, 0.3) is 0 Å². The number of anilines is 1. The number of hydrogen-bond acceptors (Lipinski definition) is 3. The van der Waals surface area contributed by atoms with Gasteiger partial charge in [-0.05, 0) is 38.0 Å². The fraction of sp³-hybridized carbons (Fsp3) is 0.500. The number of carbonyl (C=O) groups is 2. The Bertz CT molecular complexity index is 597. The average molecular weight is 343 g/mol. The minimum absolute atomic E-state index is 0.00704. The molecule has 2 atom stereocenters. The molecule has 1 aromatic rings. The molecule has 0 radical (unpaired) electrons. The Balaban J connectivity index is 1.98. The van der Waals surface area contributed by atoms with Gasteiger partial charge in [0.05, 0.1) is 10.9 Å². The van der Waals surface area contributed by atoms with Crippen molar-refractivity contribution in [3.05, 3.63) is 29.0 Å². The van der Waals surface area contributed by atoms with Crippen LogP contribution in [0.1, 0.15) is 26.2 Å². The molecule has 0 saturated carbocycles. The Hall–Kier alpha value is -1.66. The molecular formula is C16H20ClFN2O3. The summed E-state index contributed by atoms with van der Waals surface area (Å²) in [7, 11) is 0. The highest BCUT2D eigenvalue weighted by molar-refractivity contribution is 6.30. The normalized spacial score (nSPS) is 19.0. The van der Waals surface area contributed by atoms with E-state index in [1.807, 2.05) is 6.92 Å². The van der Waals surface area contributed by atoms with Crippen LogP contribution in [0.25, 0.3) is 0 Å². The van der Waals surface area contributed by atoms with E-state index in [1.54, 1.807) is 6.07 Å². The lowest BCUT2D eigenvalue weighted by Crippen LogP contribution is -2.38. The van der Waals surface area contributed by atoms with Crippen LogP contribution in [-0.2, 0) is 9.59 Å². The number of aliphatic hydroxyl groups is 1. The number of halogens is 2. The van der Waals surface area contributed by atoms with Crippen LogP contribution in [0.2, 0.25) is 5.02 Å². The highest BCUT2D eigenvalue weighted by atomic mass is 35.5. The Morgan fingerprint density at radius 1 is 1.57 bits per heavy atom. The third-order valence-corrected chi connectivity index (χ3v) is 4.20. The van der Waals surface area contributed by atoms with Crippen LogP contribution in [-0.4, -0.2) is 36.1 Å². The Morgan fingerprint density at radius 3 is 2.96 bits per heavy atom. The van der Waals surface area contributed by atoms with Gasteiger partial charge in [-0.3, -0.25) is 9.59 Å². The maximum Gasteiger partial charge on any atom is 0.227 e. The Kier molecular flexibility index (Phi) is 5.96. The molecule has 1 aliphatic rings. The zero-order chi connectivity index (χ0) is 17.0. The fourth-order valence-corrected chi connectivity index (χ4v) is 2.73. The topological polar surface area (TPSA) is 69.6 Å². The summed E-state index contributed by atoms with van der Waals surface area (Å²) < 4.78 is 13.5. The molecule has 1 aromatic carbocycles. The molecule has 1 fully saturated rings. The molecule has 2 amide bonds. The highest BCUT2D eigenvalue weighted by Gasteiger charge is 2.35. The second kappa shape index (κ2) is 7.75.